The van der Waals surface area contributed by atoms with Crippen molar-refractivity contribution in [2.75, 3.05) is 18.1 Å². The molecule has 7 heteroatoms. The first kappa shape index (κ1) is 17.4. The molecule has 0 saturated carbocycles. The van der Waals surface area contributed by atoms with Crippen LogP contribution in [0.2, 0.25) is 0 Å². The van der Waals surface area contributed by atoms with Gasteiger partial charge in [0.25, 0.3) is 0 Å². The minimum atomic E-state index is -3.09. The number of ether oxygens (including phenoxy) is 1. The Kier molecular flexibility index (Phi) is 5.03. The van der Waals surface area contributed by atoms with Gasteiger partial charge in [-0.1, -0.05) is 30.3 Å². The minimum absolute atomic E-state index is 0.0621. The van der Waals surface area contributed by atoms with Gasteiger partial charge in [-0.2, -0.15) is 5.10 Å². The summed E-state index contributed by atoms with van der Waals surface area (Å²) in [6.07, 6.45) is 1.90. The topological polar surface area (TPSA) is 84.8 Å². The Hall–Kier alpha value is -2.41. The molecule has 3 rings (SSSR count). The molecule has 0 radical (unpaired) electrons. The lowest BCUT2D eigenvalue weighted by molar-refractivity contribution is -0.124. The Labute approximate surface area is 146 Å². The van der Waals surface area contributed by atoms with Gasteiger partial charge in [0.05, 0.1) is 30.2 Å². The molecule has 1 aliphatic heterocycles. The van der Waals surface area contributed by atoms with Crippen molar-refractivity contribution in [1.29, 1.82) is 0 Å². The van der Waals surface area contributed by atoms with E-state index < -0.39 is 15.8 Å². The molecule has 25 heavy (non-hydrogen) atoms. The molecule has 132 valence electrons. The molecule has 0 aromatic heterocycles. The van der Waals surface area contributed by atoms with Crippen LogP contribution in [0.25, 0.3) is 10.8 Å². The van der Waals surface area contributed by atoms with Crippen LogP contribution in [0.1, 0.15) is 18.9 Å². The molecule has 1 N–H and O–H groups in total. The zero-order valence-corrected chi connectivity index (χ0v) is 14.8. The largest absolute Gasteiger partial charge is 0.493 e. The molecule has 1 saturated heterocycles. The smallest absolute Gasteiger partial charge is 0.244 e. The van der Waals surface area contributed by atoms with Gasteiger partial charge < -0.3 is 4.74 Å². The van der Waals surface area contributed by atoms with E-state index in [1.165, 1.54) is 0 Å². The molecule has 0 unspecified atom stereocenters. The SMILES string of the molecule is CCOc1ccc2ccccc2c1/C=N\NC(=O)[C@H]1CCS(=O)(=O)C1. The predicted molar refractivity (Wildman–Crippen MR) is 97.6 cm³/mol. The van der Waals surface area contributed by atoms with E-state index in [0.29, 0.717) is 18.8 Å². The van der Waals surface area contributed by atoms with Crippen molar-refractivity contribution in [2.45, 2.75) is 13.3 Å². The Bertz CT molecular complexity index is 922. The number of benzene rings is 2. The van der Waals surface area contributed by atoms with Gasteiger partial charge in [0.1, 0.15) is 5.75 Å². The van der Waals surface area contributed by atoms with Gasteiger partial charge in [-0.3, -0.25) is 4.79 Å². The minimum Gasteiger partial charge on any atom is -0.493 e. The number of rotatable bonds is 5. The molecule has 0 aliphatic carbocycles. The summed E-state index contributed by atoms with van der Waals surface area (Å²) in [6, 6.07) is 11.7. The summed E-state index contributed by atoms with van der Waals surface area (Å²) in [5.74, 6) is -0.251. The van der Waals surface area contributed by atoms with E-state index in [1.807, 2.05) is 43.3 Å². The zero-order valence-electron chi connectivity index (χ0n) is 13.9. The number of hydrogen-bond donors (Lipinski definition) is 1. The van der Waals surface area contributed by atoms with E-state index in [1.54, 1.807) is 6.21 Å². The van der Waals surface area contributed by atoms with Crippen molar-refractivity contribution in [3.05, 3.63) is 42.0 Å². The van der Waals surface area contributed by atoms with Crippen LogP contribution in [-0.4, -0.2) is 38.7 Å². The van der Waals surface area contributed by atoms with Crippen molar-refractivity contribution in [2.24, 2.45) is 11.0 Å². The van der Waals surface area contributed by atoms with Crippen molar-refractivity contribution in [3.63, 3.8) is 0 Å². The summed E-state index contributed by atoms with van der Waals surface area (Å²) in [5.41, 5.74) is 3.23. The van der Waals surface area contributed by atoms with Gasteiger partial charge >= 0.3 is 0 Å². The highest BCUT2D eigenvalue weighted by atomic mass is 32.2. The van der Waals surface area contributed by atoms with E-state index in [2.05, 4.69) is 10.5 Å². The van der Waals surface area contributed by atoms with Crippen LogP contribution in [0.15, 0.2) is 41.5 Å². The maximum Gasteiger partial charge on any atom is 0.244 e. The highest BCUT2D eigenvalue weighted by Gasteiger charge is 2.32. The molecule has 2 aromatic rings. The van der Waals surface area contributed by atoms with Crippen molar-refractivity contribution < 1.29 is 17.9 Å². The molecule has 1 atom stereocenters. The molecule has 1 aliphatic rings. The lowest BCUT2D eigenvalue weighted by Gasteiger charge is -2.10. The molecule has 0 bridgehead atoms. The number of nitrogens with zero attached hydrogens (tertiary/aromatic N) is 1. The zero-order chi connectivity index (χ0) is 17.9. The normalized spacial score (nSPS) is 19.3. The molecule has 1 amide bonds. The highest BCUT2D eigenvalue weighted by molar-refractivity contribution is 7.91. The van der Waals surface area contributed by atoms with Crippen molar-refractivity contribution >= 4 is 32.7 Å². The lowest BCUT2D eigenvalue weighted by Crippen LogP contribution is -2.27. The number of amides is 1. The third kappa shape index (κ3) is 3.99. The average Bonchev–Trinajstić information content (AvgIpc) is 2.96. The fourth-order valence-corrected chi connectivity index (χ4v) is 4.69. The number of carbonyl (C=O) groups excluding carboxylic acids is 1. The Morgan fingerprint density at radius 2 is 2.12 bits per heavy atom. The lowest BCUT2D eigenvalue weighted by atomic mass is 10.0. The third-order valence-corrected chi connectivity index (χ3v) is 5.97. The number of sulfone groups is 1. The van der Waals surface area contributed by atoms with E-state index >= 15 is 0 Å². The summed E-state index contributed by atoms with van der Waals surface area (Å²) in [6.45, 7) is 2.42. The van der Waals surface area contributed by atoms with Crippen LogP contribution in [-0.2, 0) is 14.6 Å². The Morgan fingerprint density at radius 3 is 2.84 bits per heavy atom. The van der Waals surface area contributed by atoms with E-state index in [0.717, 1.165) is 16.3 Å². The van der Waals surface area contributed by atoms with E-state index in [-0.39, 0.29) is 17.4 Å². The quantitative estimate of drug-likeness (QED) is 0.654. The molecular weight excluding hydrogens is 340 g/mol. The summed E-state index contributed by atoms with van der Waals surface area (Å²) in [7, 11) is -3.09. The maximum absolute atomic E-state index is 12.1. The first-order valence-corrected chi connectivity index (χ1v) is 10.00. The number of hydrogen-bond acceptors (Lipinski definition) is 5. The van der Waals surface area contributed by atoms with Crippen LogP contribution < -0.4 is 10.2 Å². The van der Waals surface area contributed by atoms with E-state index in [4.69, 9.17) is 4.74 Å². The van der Waals surface area contributed by atoms with Crippen LogP contribution in [0.4, 0.5) is 0 Å². The fourth-order valence-electron chi connectivity index (χ4n) is 2.94. The molecule has 6 nitrogen and oxygen atoms in total. The fraction of sp³-hybridized carbons (Fsp3) is 0.333. The average molecular weight is 360 g/mol. The van der Waals surface area contributed by atoms with Gasteiger partial charge in [0.15, 0.2) is 9.84 Å². The predicted octanol–water partition coefficient (Wildman–Crippen LogP) is 2.12. The third-order valence-electron chi connectivity index (χ3n) is 4.20. The van der Waals surface area contributed by atoms with Gasteiger partial charge in [-0.25, -0.2) is 13.8 Å². The van der Waals surface area contributed by atoms with Crippen molar-refractivity contribution in [3.8, 4) is 5.75 Å². The summed E-state index contributed by atoms with van der Waals surface area (Å²) >= 11 is 0. The van der Waals surface area contributed by atoms with Crippen LogP contribution >= 0.6 is 0 Å². The van der Waals surface area contributed by atoms with Gasteiger partial charge in [0.2, 0.25) is 5.91 Å². The van der Waals surface area contributed by atoms with Crippen LogP contribution in [0.3, 0.4) is 0 Å². The van der Waals surface area contributed by atoms with Gasteiger partial charge in [-0.05, 0) is 30.2 Å². The first-order chi connectivity index (χ1) is 12.0. The number of fused-ring (bicyclic) bond motifs is 1. The molecule has 1 heterocycles. The summed E-state index contributed by atoms with van der Waals surface area (Å²) < 4.78 is 28.6. The monoisotopic (exact) mass is 360 g/mol. The van der Waals surface area contributed by atoms with Crippen LogP contribution in [0, 0.1) is 5.92 Å². The second-order valence-corrected chi connectivity index (χ2v) is 8.19. The van der Waals surface area contributed by atoms with Gasteiger partial charge in [-0.15, -0.1) is 0 Å². The second kappa shape index (κ2) is 7.23. The van der Waals surface area contributed by atoms with Crippen LogP contribution in [0.5, 0.6) is 5.75 Å². The number of nitrogens with one attached hydrogen (secondary N) is 1. The maximum atomic E-state index is 12.1. The Morgan fingerprint density at radius 1 is 1.32 bits per heavy atom. The van der Waals surface area contributed by atoms with Gasteiger partial charge in [0, 0.05) is 5.56 Å². The highest BCUT2D eigenvalue weighted by Crippen LogP contribution is 2.26. The van der Waals surface area contributed by atoms with E-state index in [9.17, 15) is 13.2 Å². The Balaban J connectivity index is 1.80. The first-order valence-electron chi connectivity index (χ1n) is 8.18. The number of hydrazone groups is 1. The standard InChI is InChI=1S/C18H20N2O4S/c1-2-24-17-8-7-13-5-3-4-6-15(13)16(17)11-19-20-18(21)14-9-10-25(22,23)12-14/h3-8,11,14H,2,9-10,12H2,1H3,(H,20,21)/b19-11-/t14-/m0/s1. The molecule has 1 fully saturated rings. The summed E-state index contributed by atoms with van der Waals surface area (Å²) in [5, 5.41) is 6.04. The van der Waals surface area contributed by atoms with Crippen molar-refractivity contribution in [1.82, 2.24) is 5.43 Å². The molecule has 0 spiro atoms. The second-order valence-electron chi connectivity index (χ2n) is 5.97. The summed E-state index contributed by atoms with van der Waals surface area (Å²) in [4.78, 5) is 12.1. The molecular formula is C18H20N2O4S. The molecule has 2 aromatic carbocycles. The number of carbonyl (C=O) groups is 1.